The SMILES string of the molecule is CSCC(=O)c1cncc2ccccc12. The second kappa shape index (κ2) is 4.45. The summed E-state index contributed by atoms with van der Waals surface area (Å²) in [7, 11) is 0. The molecule has 1 heterocycles. The Bertz CT molecular complexity index is 490. The van der Waals surface area contributed by atoms with E-state index in [1.54, 1.807) is 12.4 Å². The van der Waals surface area contributed by atoms with Crippen molar-refractivity contribution in [3.05, 3.63) is 42.2 Å². The average molecular weight is 217 g/mol. The fraction of sp³-hybridized carbons (Fsp3) is 0.167. The quantitative estimate of drug-likeness (QED) is 0.740. The summed E-state index contributed by atoms with van der Waals surface area (Å²) in [6.07, 6.45) is 5.36. The summed E-state index contributed by atoms with van der Waals surface area (Å²) in [6, 6.07) is 7.83. The molecule has 0 fully saturated rings. The zero-order valence-corrected chi connectivity index (χ0v) is 9.25. The summed E-state index contributed by atoms with van der Waals surface area (Å²) in [5, 5.41) is 2.01. The van der Waals surface area contributed by atoms with Gasteiger partial charge < -0.3 is 0 Å². The number of pyridine rings is 1. The molecule has 0 saturated carbocycles. The lowest BCUT2D eigenvalue weighted by Crippen LogP contribution is -2.03. The predicted octanol–water partition coefficient (Wildman–Crippen LogP) is 2.78. The van der Waals surface area contributed by atoms with Gasteiger partial charge in [-0.2, -0.15) is 11.8 Å². The summed E-state index contributed by atoms with van der Waals surface area (Å²) >= 11 is 1.54. The molecule has 1 aromatic carbocycles. The number of thioether (sulfide) groups is 1. The third-order valence-electron chi connectivity index (χ3n) is 2.24. The minimum Gasteiger partial charge on any atom is -0.293 e. The maximum atomic E-state index is 11.8. The number of Topliss-reactive ketones (excluding diaryl/α,β-unsaturated/α-hetero) is 1. The molecule has 3 heteroatoms. The van der Waals surface area contributed by atoms with Crippen molar-refractivity contribution < 1.29 is 4.79 Å². The summed E-state index contributed by atoms with van der Waals surface area (Å²) in [5.74, 6) is 0.655. The Morgan fingerprint density at radius 1 is 1.33 bits per heavy atom. The van der Waals surface area contributed by atoms with E-state index >= 15 is 0 Å². The Kier molecular flexibility index (Phi) is 3.02. The van der Waals surface area contributed by atoms with Crippen LogP contribution in [0.25, 0.3) is 10.8 Å². The first kappa shape index (κ1) is 10.2. The van der Waals surface area contributed by atoms with E-state index in [0.29, 0.717) is 5.75 Å². The van der Waals surface area contributed by atoms with Gasteiger partial charge in [0, 0.05) is 23.3 Å². The number of hydrogen-bond acceptors (Lipinski definition) is 3. The van der Waals surface area contributed by atoms with Crippen molar-refractivity contribution in [2.45, 2.75) is 0 Å². The number of ketones is 1. The van der Waals surface area contributed by atoms with Crippen LogP contribution >= 0.6 is 11.8 Å². The van der Waals surface area contributed by atoms with Gasteiger partial charge in [-0.3, -0.25) is 9.78 Å². The van der Waals surface area contributed by atoms with E-state index in [1.165, 1.54) is 11.8 Å². The second-order valence-electron chi connectivity index (χ2n) is 3.26. The molecule has 0 spiro atoms. The molecule has 0 amide bonds. The second-order valence-corrected chi connectivity index (χ2v) is 4.13. The Morgan fingerprint density at radius 3 is 2.93 bits per heavy atom. The molecular weight excluding hydrogens is 206 g/mol. The van der Waals surface area contributed by atoms with E-state index in [-0.39, 0.29) is 5.78 Å². The van der Waals surface area contributed by atoms with Crippen molar-refractivity contribution in [2.75, 3.05) is 12.0 Å². The molecule has 0 atom stereocenters. The third-order valence-corrected chi connectivity index (χ3v) is 2.79. The number of nitrogens with zero attached hydrogens (tertiary/aromatic N) is 1. The summed E-state index contributed by atoms with van der Waals surface area (Å²) in [4.78, 5) is 15.9. The van der Waals surface area contributed by atoms with Gasteiger partial charge >= 0.3 is 0 Å². The van der Waals surface area contributed by atoms with E-state index in [9.17, 15) is 4.79 Å². The normalized spacial score (nSPS) is 10.5. The largest absolute Gasteiger partial charge is 0.293 e. The van der Waals surface area contributed by atoms with Crippen LogP contribution in [0.5, 0.6) is 0 Å². The lowest BCUT2D eigenvalue weighted by Gasteiger charge is -2.03. The number of benzene rings is 1. The highest BCUT2D eigenvalue weighted by Gasteiger charge is 2.08. The summed E-state index contributed by atoms with van der Waals surface area (Å²) < 4.78 is 0. The monoisotopic (exact) mass is 217 g/mol. The molecule has 2 aromatic rings. The number of rotatable bonds is 3. The Morgan fingerprint density at radius 2 is 2.13 bits per heavy atom. The maximum Gasteiger partial charge on any atom is 0.174 e. The van der Waals surface area contributed by atoms with E-state index in [1.807, 2.05) is 30.5 Å². The van der Waals surface area contributed by atoms with Gasteiger partial charge in [-0.25, -0.2) is 0 Å². The highest BCUT2D eigenvalue weighted by Crippen LogP contribution is 2.18. The molecule has 76 valence electrons. The molecule has 0 aliphatic heterocycles. The average Bonchev–Trinajstić information content (AvgIpc) is 2.28. The van der Waals surface area contributed by atoms with Crippen LogP contribution in [0.1, 0.15) is 10.4 Å². The van der Waals surface area contributed by atoms with Crippen LogP contribution in [0.3, 0.4) is 0 Å². The van der Waals surface area contributed by atoms with Crippen molar-refractivity contribution in [1.29, 1.82) is 0 Å². The van der Waals surface area contributed by atoms with E-state index in [0.717, 1.165) is 16.3 Å². The van der Waals surface area contributed by atoms with Gasteiger partial charge in [-0.1, -0.05) is 24.3 Å². The number of fused-ring (bicyclic) bond motifs is 1. The first-order valence-corrected chi connectivity index (χ1v) is 6.07. The third kappa shape index (κ3) is 2.02. The van der Waals surface area contributed by atoms with Gasteiger partial charge in [-0.05, 0) is 11.6 Å². The number of aromatic nitrogens is 1. The van der Waals surface area contributed by atoms with Crippen molar-refractivity contribution in [1.82, 2.24) is 4.98 Å². The standard InChI is InChI=1S/C12H11NOS/c1-15-8-12(14)11-7-13-6-9-4-2-3-5-10(9)11/h2-7H,8H2,1H3. The number of carbonyl (C=O) groups excluding carboxylic acids is 1. The van der Waals surface area contributed by atoms with Crippen LogP contribution in [-0.2, 0) is 0 Å². The van der Waals surface area contributed by atoms with Gasteiger partial charge in [0.1, 0.15) is 0 Å². The fourth-order valence-corrected chi connectivity index (χ4v) is 1.97. The van der Waals surface area contributed by atoms with Crippen molar-refractivity contribution in [3.8, 4) is 0 Å². The summed E-state index contributed by atoms with van der Waals surface area (Å²) in [6.45, 7) is 0. The van der Waals surface area contributed by atoms with E-state index < -0.39 is 0 Å². The topological polar surface area (TPSA) is 30.0 Å². The van der Waals surface area contributed by atoms with Crippen LogP contribution in [0, 0.1) is 0 Å². The highest BCUT2D eigenvalue weighted by molar-refractivity contribution is 7.99. The molecule has 15 heavy (non-hydrogen) atoms. The van der Waals surface area contributed by atoms with Crippen molar-refractivity contribution in [3.63, 3.8) is 0 Å². The molecule has 1 aromatic heterocycles. The molecule has 2 nitrogen and oxygen atoms in total. The molecular formula is C12H11NOS. The lowest BCUT2D eigenvalue weighted by atomic mass is 10.1. The zero-order valence-electron chi connectivity index (χ0n) is 8.43. The highest BCUT2D eigenvalue weighted by atomic mass is 32.2. The molecule has 0 bridgehead atoms. The van der Waals surface area contributed by atoms with Gasteiger partial charge in [0.05, 0.1) is 5.75 Å². The van der Waals surface area contributed by atoms with Crippen molar-refractivity contribution in [2.24, 2.45) is 0 Å². The Labute approximate surface area is 92.7 Å². The smallest absolute Gasteiger partial charge is 0.174 e. The Balaban J connectivity index is 2.56. The molecule has 0 radical (unpaired) electrons. The maximum absolute atomic E-state index is 11.8. The Hall–Kier alpha value is -1.35. The van der Waals surface area contributed by atoms with E-state index in [2.05, 4.69) is 4.98 Å². The van der Waals surface area contributed by atoms with Gasteiger partial charge in [0.2, 0.25) is 0 Å². The first-order valence-electron chi connectivity index (χ1n) is 4.68. The number of hydrogen-bond donors (Lipinski definition) is 0. The molecule has 0 aliphatic rings. The van der Waals surface area contributed by atoms with Crippen LogP contribution in [0.15, 0.2) is 36.7 Å². The minimum absolute atomic E-state index is 0.145. The van der Waals surface area contributed by atoms with Gasteiger partial charge in [-0.15, -0.1) is 0 Å². The van der Waals surface area contributed by atoms with Crippen LogP contribution in [0.4, 0.5) is 0 Å². The van der Waals surface area contributed by atoms with E-state index in [4.69, 9.17) is 0 Å². The van der Waals surface area contributed by atoms with Crippen LogP contribution < -0.4 is 0 Å². The molecule has 2 rings (SSSR count). The van der Waals surface area contributed by atoms with Crippen LogP contribution in [-0.4, -0.2) is 22.8 Å². The lowest BCUT2D eigenvalue weighted by molar-refractivity contribution is 0.102. The fourth-order valence-electron chi connectivity index (χ4n) is 1.55. The number of carbonyl (C=O) groups is 1. The zero-order chi connectivity index (χ0) is 10.7. The molecule has 0 saturated heterocycles. The van der Waals surface area contributed by atoms with Gasteiger partial charge in [0.25, 0.3) is 0 Å². The van der Waals surface area contributed by atoms with Gasteiger partial charge in [0.15, 0.2) is 5.78 Å². The summed E-state index contributed by atoms with van der Waals surface area (Å²) in [5.41, 5.74) is 0.724. The van der Waals surface area contributed by atoms with Crippen LogP contribution in [0.2, 0.25) is 0 Å². The minimum atomic E-state index is 0.145. The van der Waals surface area contributed by atoms with Crippen molar-refractivity contribution >= 4 is 28.3 Å². The molecule has 0 aliphatic carbocycles. The predicted molar refractivity (Wildman–Crippen MR) is 64.5 cm³/mol. The molecule has 0 N–H and O–H groups in total. The first-order chi connectivity index (χ1) is 7.33. The molecule has 0 unspecified atom stereocenters.